The smallest absolute Gasteiger partial charge is 0.329 e. The van der Waals surface area contributed by atoms with Crippen molar-refractivity contribution >= 4 is 146 Å². The molecule has 1 unspecified atom stereocenters. The minimum Gasteiger partial charge on any atom is -0.481 e. The van der Waals surface area contributed by atoms with Crippen LogP contribution in [0.4, 0.5) is 5.69 Å². The summed E-state index contributed by atoms with van der Waals surface area (Å²) >= 11 is 1.07. The quantitative estimate of drug-likeness (QED) is 0.0116. The number of para-hydroxylation sites is 2. The predicted octanol–water partition coefficient (Wildman–Crippen LogP) is -4.05. The third-order valence-corrected chi connectivity index (χ3v) is 20.1. The zero-order valence-electron chi connectivity index (χ0n) is 66.2. The number of nitrogen functional groups attached to an aromatic ring is 1. The molecule has 2 aromatic heterocycles. The fourth-order valence-corrected chi connectivity index (χ4v) is 13.4. The molecule has 43 nitrogen and oxygen atoms in total. The number of hydrogen-bond donors (Lipinski definition) is 22. The molecular formula is C79H93N17O26S. The number of hydrogen-bond acceptors (Lipinski definition) is 25. The lowest BCUT2D eigenvalue weighted by Crippen LogP contribution is -2.62. The van der Waals surface area contributed by atoms with E-state index in [2.05, 4.69) is 58.2 Å². The van der Waals surface area contributed by atoms with Gasteiger partial charge in [-0.3, -0.25) is 91.1 Å². The van der Waals surface area contributed by atoms with Crippen molar-refractivity contribution in [2.24, 2.45) is 17.4 Å². The van der Waals surface area contributed by atoms with Gasteiger partial charge in [0.2, 0.25) is 76.8 Å². The standard InChI is InChI=1S/C79H93N17O26S/c1-37(26-62(102)103)66-78(120)94-54(28-56(98)45-15-7-9-16-46(45)81)79(121)122-39(3)67(77(119)85-35-60(100)87-48(18-11-25-80)70(112)91-52(31-64(106)107)71(113)86-38(2)68(110)89-51(30-63(104)105)69(111)84-34-61(101)88-55(36-97)75(117)95-66)96-74(116)53(32-65(108)109)92-73(115)50(29-59(82)99)90-72(114)49(27-43-33-83-47-17-10-8-14-44(43)47)93-76(118)58-24-23-57(123-58)42-21-19-41(20-22-42)40-12-5-4-6-13-40/h4-10,12-17,19-24,33,37-39,48-55,66-67,83,97H,11,18,25-32,34-36,80-81H2,1-3H3,(H2,82,99)(H,84,111)(H,85,119)(H,86,113)(H,87,100)(H,88,101)(H,89,110)(H,90,114)(H,91,112)(H,92,115)(H,93,118)(H,94,120)(H,95,117)(H,96,116)(H,102,103)(H,104,105)(H,106,107)(H,108,109)/t37-,38-,39-,48+,49+,50-,51+,52+,53+,54+,55-,66?,67+/m1/s1. The summed E-state index contributed by atoms with van der Waals surface area (Å²) in [5.74, 6) is -30.2. The number of rotatable bonds is 30. The maximum Gasteiger partial charge on any atom is 0.329 e. The van der Waals surface area contributed by atoms with Gasteiger partial charge < -0.3 is 122 Å². The second kappa shape index (κ2) is 45.6. The average Bonchev–Trinajstić information content (AvgIpc) is 1.52. The molecule has 656 valence electrons. The van der Waals surface area contributed by atoms with Crippen LogP contribution < -0.4 is 86.3 Å². The number of amides is 14. The highest BCUT2D eigenvalue weighted by Crippen LogP contribution is 2.31. The van der Waals surface area contributed by atoms with E-state index in [1.807, 2.05) is 70.5 Å². The van der Waals surface area contributed by atoms with Crippen LogP contribution in [0.1, 0.15) is 97.7 Å². The maximum absolute atomic E-state index is 14.9. The van der Waals surface area contributed by atoms with Crippen LogP contribution in [0.3, 0.4) is 0 Å². The van der Waals surface area contributed by atoms with Crippen LogP contribution in [-0.4, -0.2) is 248 Å². The molecule has 0 aliphatic carbocycles. The zero-order chi connectivity index (χ0) is 90.5. The van der Waals surface area contributed by atoms with Crippen LogP contribution in [-0.2, 0) is 97.5 Å². The van der Waals surface area contributed by atoms with E-state index < -0.39 is 261 Å². The van der Waals surface area contributed by atoms with E-state index >= 15 is 0 Å². The predicted molar refractivity (Wildman–Crippen MR) is 432 cm³/mol. The van der Waals surface area contributed by atoms with E-state index in [1.54, 1.807) is 36.5 Å². The molecule has 14 amide bonds. The summed E-state index contributed by atoms with van der Waals surface area (Å²) in [6, 6.07) is 9.32. The molecule has 3 heterocycles. The Labute approximate surface area is 703 Å². The number of carbonyl (C=O) groups is 20. The number of nitrogens with one attached hydrogen (secondary N) is 14. The summed E-state index contributed by atoms with van der Waals surface area (Å²) < 4.78 is 5.70. The summed E-state index contributed by atoms with van der Waals surface area (Å²) in [6.45, 7) is -1.00. The molecule has 1 saturated heterocycles. The number of H-pyrrole nitrogens is 1. The fourth-order valence-electron chi connectivity index (χ4n) is 12.5. The molecule has 0 spiro atoms. The number of ketones is 1. The highest BCUT2D eigenvalue weighted by molar-refractivity contribution is 7.17. The number of ether oxygens (including phenoxy) is 1. The maximum atomic E-state index is 14.9. The van der Waals surface area contributed by atoms with Gasteiger partial charge in [0.1, 0.15) is 72.6 Å². The highest BCUT2D eigenvalue weighted by Gasteiger charge is 2.41. The van der Waals surface area contributed by atoms with Gasteiger partial charge in [0, 0.05) is 46.1 Å². The van der Waals surface area contributed by atoms with Crippen molar-refractivity contribution < 1.29 is 126 Å². The third-order valence-electron chi connectivity index (χ3n) is 18.9. The first-order chi connectivity index (χ1) is 58.3. The van der Waals surface area contributed by atoms with Crippen molar-refractivity contribution in [3.63, 3.8) is 0 Å². The molecule has 4 aromatic carbocycles. The number of aromatic amines is 1. The van der Waals surface area contributed by atoms with Gasteiger partial charge in [-0.15, -0.1) is 11.3 Å². The monoisotopic (exact) mass is 1730 g/mol. The largest absolute Gasteiger partial charge is 0.481 e. The SMILES string of the molecule is C[C@H](CC(=O)O)C1NC(=O)[C@@H](CO)NC(=O)CNC(=O)[C@H](CC(=O)O)NC(=O)[C@@H](C)NC(=O)[C@H](CC(=O)O)NC(=O)[C@H](CCCN)NC(=O)CNC(=O)[C@@H](NC(=O)[C@H](CC(=O)O)NC(=O)[C@@H](CC(N)=O)NC(=O)[C@H](Cc2c[nH]c3ccccc23)NC(=O)c2ccc(-c3ccc(-c4ccccc4)cc3)s2)[C@@H](C)OC(=O)[C@H](CC(=O)c2ccccc2N)NC1=O. The van der Waals surface area contributed by atoms with Crippen LogP contribution in [0, 0.1) is 5.92 Å². The number of primary amides is 1. The van der Waals surface area contributed by atoms with Crippen LogP contribution in [0.25, 0.3) is 32.5 Å². The number of esters is 1. The van der Waals surface area contributed by atoms with Crippen molar-refractivity contribution in [3.8, 4) is 21.6 Å². The van der Waals surface area contributed by atoms with Crippen LogP contribution in [0.15, 0.2) is 121 Å². The molecule has 1 aliphatic heterocycles. The zero-order valence-corrected chi connectivity index (χ0v) is 67.0. The van der Waals surface area contributed by atoms with Crippen molar-refractivity contribution in [1.82, 2.24) is 74.1 Å². The molecule has 7 rings (SSSR count). The normalized spacial score (nSPS) is 20.5. The second-order valence-corrected chi connectivity index (χ2v) is 29.5. The Morgan fingerprint density at radius 2 is 1.07 bits per heavy atom. The number of carbonyl (C=O) groups excluding carboxylic acids is 16. The number of benzene rings is 4. The number of aliphatic hydroxyl groups is 1. The molecule has 6 aromatic rings. The van der Waals surface area contributed by atoms with Gasteiger partial charge in [-0.05, 0) is 91.7 Å². The molecule has 1 aliphatic rings. The van der Waals surface area contributed by atoms with E-state index in [1.165, 1.54) is 30.3 Å². The number of carboxylic acids is 4. The van der Waals surface area contributed by atoms with E-state index in [4.69, 9.17) is 21.9 Å². The Morgan fingerprint density at radius 3 is 1.69 bits per heavy atom. The molecule has 1 fully saturated rings. The number of Topliss-reactive ketones (excluding diaryl/α,β-unsaturated/α-hetero) is 1. The first-order valence-electron chi connectivity index (χ1n) is 38.1. The summed E-state index contributed by atoms with van der Waals surface area (Å²) in [7, 11) is 0. The number of aliphatic carboxylic acids is 4. The minimum absolute atomic E-state index is 0.103. The minimum atomic E-state index is -2.47. The molecule has 0 saturated carbocycles. The molecule has 123 heavy (non-hydrogen) atoms. The number of carboxylic acid groups (broad SMARTS) is 4. The van der Waals surface area contributed by atoms with Crippen LogP contribution in [0.2, 0.25) is 0 Å². The topological polar surface area (TPSA) is 702 Å². The lowest BCUT2D eigenvalue weighted by Gasteiger charge is -2.30. The van der Waals surface area contributed by atoms with Crippen molar-refractivity contribution in [1.29, 1.82) is 0 Å². The van der Waals surface area contributed by atoms with Gasteiger partial charge in [0.15, 0.2) is 5.78 Å². The molecule has 0 bridgehead atoms. The van der Waals surface area contributed by atoms with Crippen molar-refractivity contribution in [2.75, 3.05) is 32.0 Å². The van der Waals surface area contributed by atoms with Gasteiger partial charge in [0.25, 0.3) is 5.91 Å². The highest BCUT2D eigenvalue weighted by atomic mass is 32.1. The third kappa shape index (κ3) is 28.9. The van der Waals surface area contributed by atoms with Crippen molar-refractivity contribution in [2.45, 2.75) is 151 Å². The summed E-state index contributed by atoms with van der Waals surface area (Å²) in [5.41, 5.74) is 20.7. The first-order valence-corrected chi connectivity index (χ1v) is 38.9. The van der Waals surface area contributed by atoms with Crippen molar-refractivity contribution in [3.05, 3.63) is 137 Å². The number of aromatic nitrogens is 1. The summed E-state index contributed by atoms with van der Waals surface area (Å²) in [5, 5.41) is 78.9. The molecule has 13 atom stereocenters. The number of anilines is 1. The lowest BCUT2D eigenvalue weighted by molar-refractivity contribution is -0.156. The van der Waals surface area contributed by atoms with Gasteiger partial charge >= 0.3 is 29.8 Å². The van der Waals surface area contributed by atoms with E-state index in [-0.39, 0.29) is 35.5 Å². The van der Waals surface area contributed by atoms with Crippen LogP contribution >= 0.6 is 11.3 Å². The number of cyclic esters (lactones) is 1. The van der Waals surface area contributed by atoms with Gasteiger partial charge in [-0.2, -0.15) is 0 Å². The summed E-state index contributed by atoms with van der Waals surface area (Å²) in [4.78, 5) is 279. The molecule has 25 N–H and O–H groups in total. The van der Waals surface area contributed by atoms with Crippen LogP contribution in [0.5, 0.6) is 0 Å². The lowest BCUT2D eigenvalue weighted by atomic mass is 9.96. The van der Waals surface area contributed by atoms with E-state index in [0.29, 0.717) is 21.3 Å². The molecule has 44 heteroatoms. The van der Waals surface area contributed by atoms with Gasteiger partial charge in [-0.1, -0.05) is 91.9 Å². The Kier molecular flexibility index (Phi) is 35.4. The number of fused-ring (bicyclic) bond motifs is 1. The number of aliphatic hydroxyl groups excluding tert-OH is 1. The second-order valence-electron chi connectivity index (χ2n) is 28.4. The molecule has 0 radical (unpaired) electrons. The fraction of sp³-hybridized carbons (Fsp3) is 0.367. The number of nitrogens with two attached hydrogens (primary N) is 3. The first kappa shape index (κ1) is 95.6. The summed E-state index contributed by atoms with van der Waals surface area (Å²) in [6.07, 6.45) is -8.54. The average molecular weight is 1730 g/mol. The Bertz CT molecular complexity index is 4960. The Hall–Kier alpha value is -14.6. The number of thiophene rings is 1. The Balaban J connectivity index is 1.25. The van der Waals surface area contributed by atoms with E-state index in [9.17, 15) is 121 Å². The molecular weight excluding hydrogens is 1640 g/mol. The van der Waals surface area contributed by atoms with Gasteiger partial charge in [-0.25, -0.2) is 4.79 Å². The van der Waals surface area contributed by atoms with E-state index in [0.717, 1.165) is 48.8 Å². The Morgan fingerprint density at radius 1 is 0.528 bits per heavy atom. The van der Waals surface area contributed by atoms with Gasteiger partial charge in [0.05, 0.1) is 56.7 Å².